The summed E-state index contributed by atoms with van der Waals surface area (Å²) >= 11 is 0. The van der Waals surface area contributed by atoms with Gasteiger partial charge in [-0.15, -0.1) is 0 Å². The van der Waals surface area contributed by atoms with Crippen molar-refractivity contribution in [1.29, 1.82) is 5.26 Å². The van der Waals surface area contributed by atoms with Crippen LogP contribution in [-0.2, 0) is 12.9 Å². The van der Waals surface area contributed by atoms with Crippen LogP contribution in [0, 0.1) is 11.3 Å². The number of pyridine rings is 1. The van der Waals surface area contributed by atoms with Crippen molar-refractivity contribution in [2.24, 2.45) is 0 Å². The predicted molar refractivity (Wildman–Crippen MR) is 121 cm³/mol. The van der Waals surface area contributed by atoms with Crippen LogP contribution in [0.2, 0.25) is 0 Å². The van der Waals surface area contributed by atoms with Gasteiger partial charge in [-0.05, 0) is 60.5 Å². The second kappa shape index (κ2) is 7.84. The van der Waals surface area contributed by atoms with E-state index in [1.807, 2.05) is 24.3 Å². The number of nitriles is 1. The standard InChI is InChI=1S/C24H20N6O/c25-13-16-6-8-18(9-7-16)28-24(31)29-21-4-1-5-22-20(21)10-12-30(22)15-17-14-27-23-19(17)3-2-11-26-23/h1-9,11,14H,10,12,15H2,(H,26,27)(H2,28,29,31)/i15D2. The van der Waals surface area contributed by atoms with E-state index in [1.165, 1.54) is 0 Å². The third-order valence-electron chi connectivity index (χ3n) is 5.25. The number of hydrogen-bond acceptors (Lipinski definition) is 4. The fraction of sp³-hybridized carbons (Fsp3) is 0.125. The quantitative estimate of drug-likeness (QED) is 0.456. The second-order valence-corrected chi connectivity index (χ2v) is 7.19. The van der Waals surface area contributed by atoms with E-state index < -0.39 is 12.5 Å². The van der Waals surface area contributed by atoms with Crippen molar-refractivity contribution in [3.8, 4) is 6.07 Å². The minimum atomic E-state index is -1.77. The van der Waals surface area contributed by atoms with Gasteiger partial charge in [0, 0.05) is 53.4 Å². The van der Waals surface area contributed by atoms with Gasteiger partial charge in [-0.3, -0.25) is 0 Å². The number of nitrogens with zero attached hydrogens (tertiary/aromatic N) is 3. The van der Waals surface area contributed by atoms with Crippen LogP contribution in [0.15, 0.2) is 67.0 Å². The fourth-order valence-electron chi connectivity index (χ4n) is 3.77. The summed E-state index contributed by atoms with van der Waals surface area (Å²) < 4.78 is 17.8. The molecule has 2 amide bonds. The van der Waals surface area contributed by atoms with Gasteiger partial charge in [0.05, 0.1) is 14.4 Å². The van der Waals surface area contributed by atoms with Crippen LogP contribution in [0.25, 0.3) is 11.0 Å². The summed E-state index contributed by atoms with van der Waals surface area (Å²) in [6, 6.07) is 17.4. The third-order valence-corrected chi connectivity index (χ3v) is 5.25. The van der Waals surface area contributed by atoms with Gasteiger partial charge in [-0.25, -0.2) is 9.78 Å². The molecular formula is C24H20N6O. The van der Waals surface area contributed by atoms with Crippen molar-refractivity contribution in [3.63, 3.8) is 0 Å². The maximum absolute atomic E-state index is 12.6. The number of rotatable bonds is 4. The Morgan fingerprint density at radius 1 is 1.19 bits per heavy atom. The lowest BCUT2D eigenvalue weighted by atomic mass is 10.1. The molecule has 0 atom stereocenters. The van der Waals surface area contributed by atoms with Gasteiger partial charge in [-0.2, -0.15) is 5.26 Å². The molecule has 0 saturated heterocycles. The van der Waals surface area contributed by atoms with Gasteiger partial charge < -0.3 is 20.5 Å². The molecule has 0 fully saturated rings. The van der Waals surface area contributed by atoms with E-state index in [2.05, 4.69) is 20.6 Å². The van der Waals surface area contributed by atoms with Gasteiger partial charge in [-0.1, -0.05) is 6.07 Å². The zero-order valence-corrected chi connectivity index (χ0v) is 16.5. The van der Waals surface area contributed by atoms with Gasteiger partial charge >= 0.3 is 6.03 Å². The summed E-state index contributed by atoms with van der Waals surface area (Å²) in [6.45, 7) is -1.29. The number of fused-ring (bicyclic) bond motifs is 2. The van der Waals surface area contributed by atoms with Crippen molar-refractivity contribution < 1.29 is 7.54 Å². The molecule has 3 heterocycles. The Bertz CT molecular complexity index is 1390. The number of nitrogens with one attached hydrogen (secondary N) is 3. The number of amides is 2. The number of carbonyl (C=O) groups excluding carboxylic acids is 1. The molecule has 3 N–H and O–H groups in total. The van der Waals surface area contributed by atoms with Gasteiger partial charge in [0.2, 0.25) is 0 Å². The minimum Gasteiger partial charge on any atom is -0.367 e. The molecule has 4 aromatic rings. The smallest absolute Gasteiger partial charge is 0.323 e. The summed E-state index contributed by atoms with van der Waals surface area (Å²) in [7, 11) is 0. The number of carbonyl (C=O) groups is 1. The number of anilines is 3. The van der Waals surface area contributed by atoms with Crippen LogP contribution in [0.4, 0.5) is 21.9 Å². The van der Waals surface area contributed by atoms with Crippen molar-refractivity contribution in [3.05, 3.63) is 83.7 Å². The summed E-state index contributed by atoms with van der Waals surface area (Å²) in [5.74, 6) is 0. The Morgan fingerprint density at radius 3 is 2.90 bits per heavy atom. The SMILES string of the molecule is [2H]C([2H])(c1c[nH]c2ncccc12)N1CCc2c(NC(=O)Nc3ccc(C#N)cc3)cccc21. The first-order valence-corrected chi connectivity index (χ1v) is 9.87. The van der Waals surface area contributed by atoms with E-state index in [0.717, 1.165) is 16.6 Å². The average molecular weight is 410 g/mol. The highest BCUT2D eigenvalue weighted by molar-refractivity contribution is 6.01. The maximum Gasteiger partial charge on any atom is 0.323 e. The van der Waals surface area contributed by atoms with E-state index in [-0.39, 0.29) is 0 Å². The number of urea groups is 1. The van der Waals surface area contributed by atoms with E-state index in [1.54, 1.807) is 53.7 Å². The molecule has 0 aliphatic carbocycles. The molecule has 152 valence electrons. The molecule has 5 rings (SSSR count). The second-order valence-electron chi connectivity index (χ2n) is 7.19. The molecule has 1 aliphatic heterocycles. The van der Waals surface area contributed by atoms with Crippen LogP contribution >= 0.6 is 0 Å². The zero-order chi connectivity index (χ0) is 23.0. The Morgan fingerprint density at radius 2 is 2.06 bits per heavy atom. The lowest BCUT2D eigenvalue weighted by Crippen LogP contribution is -2.20. The van der Waals surface area contributed by atoms with E-state index in [0.29, 0.717) is 41.1 Å². The lowest BCUT2D eigenvalue weighted by molar-refractivity contribution is 0.262. The zero-order valence-electron chi connectivity index (χ0n) is 18.5. The number of aromatic nitrogens is 2. The number of H-pyrrole nitrogens is 1. The molecule has 0 unspecified atom stereocenters. The first-order valence-electron chi connectivity index (χ1n) is 10.9. The van der Waals surface area contributed by atoms with Crippen molar-refractivity contribution in [2.75, 3.05) is 22.1 Å². The molecule has 0 radical (unpaired) electrons. The normalized spacial score (nSPS) is 13.8. The Labute approximate surface area is 182 Å². The third kappa shape index (κ3) is 3.67. The van der Waals surface area contributed by atoms with Gasteiger partial charge in [0.1, 0.15) is 5.65 Å². The summed E-state index contributed by atoms with van der Waals surface area (Å²) in [6.07, 6.45) is 3.94. The van der Waals surface area contributed by atoms with Crippen LogP contribution < -0.4 is 15.5 Å². The highest BCUT2D eigenvalue weighted by atomic mass is 16.2. The Kier molecular flexibility index (Phi) is 4.17. The number of benzene rings is 2. The van der Waals surface area contributed by atoms with Crippen LogP contribution in [0.5, 0.6) is 0 Å². The van der Waals surface area contributed by atoms with E-state index in [9.17, 15) is 4.79 Å². The lowest BCUT2D eigenvalue weighted by Gasteiger charge is -2.19. The minimum absolute atomic E-state index is 0.405. The largest absolute Gasteiger partial charge is 0.367 e. The Balaban J connectivity index is 1.39. The monoisotopic (exact) mass is 410 g/mol. The number of hydrogen-bond donors (Lipinski definition) is 3. The van der Waals surface area contributed by atoms with Crippen LogP contribution in [0.1, 0.15) is 19.4 Å². The molecular weight excluding hydrogens is 388 g/mol. The van der Waals surface area contributed by atoms with E-state index >= 15 is 0 Å². The molecule has 0 spiro atoms. The van der Waals surface area contributed by atoms with Crippen molar-refractivity contribution in [1.82, 2.24) is 9.97 Å². The summed E-state index contributed by atoms with van der Waals surface area (Å²) in [4.78, 5) is 21.6. The molecule has 7 heteroatoms. The highest BCUT2D eigenvalue weighted by Gasteiger charge is 2.23. The molecule has 0 saturated carbocycles. The average Bonchev–Trinajstić information content (AvgIpc) is 3.45. The first kappa shape index (κ1) is 16.5. The predicted octanol–water partition coefficient (Wildman–Crippen LogP) is 4.64. The first-order chi connectivity index (χ1) is 16.0. The molecule has 1 aliphatic rings. The molecule has 2 aromatic carbocycles. The molecule has 2 aromatic heterocycles. The molecule has 7 nitrogen and oxygen atoms in total. The van der Waals surface area contributed by atoms with Crippen LogP contribution in [-0.4, -0.2) is 22.5 Å². The molecule has 0 bridgehead atoms. The fourth-order valence-corrected chi connectivity index (χ4v) is 3.77. The van der Waals surface area contributed by atoms with Crippen molar-refractivity contribution >= 4 is 34.1 Å². The topological polar surface area (TPSA) is 96.8 Å². The van der Waals surface area contributed by atoms with Crippen molar-refractivity contribution in [2.45, 2.75) is 12.9 Å². The molecule has 31 heavy (non-hydrogen) atoms. The van der Waals surface area contributed by atoms with Gasteiger partial charge in [0.25, 0.3) is 0 Å². The Hall–Kier alpha value is -4.31. The van der Waals surface area contributed by atoms with E-state index in [4.69, 9.17) is 8.00 Å². The van der Waals surface area contributed by atoms with Crippen LogP contribution in [0.3, 0.4) is 0 Å². The summed E-state index contributed by atoms with van der Waals surface area (Å²) in [5, 5.41) is 15.3. The maximum atomic E-state index is 12.6. The van der Waals surface area contributed by atoms with Gasteiger partial charge in [0.15, 0.2) is 0 Å². The number of aromatic amines is 1. The highest BCUT2D eigenvalue weighted by Crippen LogP contribution is 2.35. The summed E-state index contributed by atoms with van der Waals surface area (Å²) in [5.41, 5.74) is 4.52.